The molecule has 0 unspecified atom stereocenters. The number of rotatable bonds is 2. The van der Waals surface area contributed by atoms with Crippen molar-refractivity contribution in [3.63, 3.8) is 0 Å². The molecule has 148 valence electrons. The van der Waals surface area contributed by atoms with Crippen LogP contribution >= 0.6 is 0 Å². The molecule has 31 heavy (non-hydrogen) atoms. The Bertz CT molecular complexity index is 1180. The van der Waals surface area contributed by atoms with Crippen molar-refractivity contribution in [1.82, 2.24) is 0 Å². The van der Waals surface area contributed by atoms with E-state index in [9.17, 15) is 0 Å². The molecule has 0 spiro atoms. The summed E-state index contributed by atoms with van der Waals surface area (Å²) < 4.78 is 0. The monoisotopic (exact) mass is 398 g/mol. The maximum Gasteiger partial charge on any atom is 0.0883 e. The first-order chi connectivity index (χ1) is 15.3. The third-order valence-electron chi connectivity index (χ3n) is 3.70. The van der Waals surface area contributed by atoms with Gasteiger partial charge in [0.2, 0.25) is 0 Å². The van der Waals surface area contributed by atoms with Crippen molar-refractivity contribution < 1.29 is 0 Å². The minimum absolute atomic E-state index is 0.667. The summed E-state index contributed by atoms with van der Waals surface area (Å²) in [4.78, 5) is 4.56. The van der Waals surface area contributed by atoms with Crippen molar-refractivity contribution in [2.75, 3.05) is 6.54 Å². The molecule has 0 saturated carbocycles. The van der Waals surface area contributed by atoms with Gasteiger partial charge in [-0.1, -0.05) is 72.1 Å². The van der Waals surface area contributed by atoms with Crippen LogP contribution in [0, 0.1) is 0 Å². The molecular weight excluding hydrogens is 376 g/mol. The highest BCUT2D eigenvalue weighted by molar-refractivity contribution is 6.18. The second kappa shape index (κ2) is 15.1. The van der Waals surface area contributed by atoms with Gasteiger partial charge < -0.3 is 5.73 Å². The van der Waals surface area contributed by atoms with Gasteiger partial charge in [0, 0.05) is 11.1 Å². The van der Waals surface area contributed by atoms with Crippen molar-refractivity contribution in [3.8, 4) is 0 Å². The highest BCUT2D eigenvalue weighted by atomic mass is 14.8. The lowest BCUT2D eigenvalue weighted by atomic mass is 10.0. The Morgan fingerprint density at radius 1 is 0.645 bits per heavy atom. The predicted octanol–water partition coefficient (Wildman–Crippen LogP) is 5.86. The standard InChI is InChI=1S/C16H14N2.C11H4.C2H4/c17-15-14(12-7-3-1-4-8-12)11-18-16(15)13-9-5-2-6-10-13;1-3-5-7-9-11-10-8-6-4-2;1-2/h1-10H,11,17H2;1-2H2;1-2H2. The van der Waals surface area contributed by atoms with Crippen LogP contribution in [0.15, 0.2) is 149 Å². The summed E-state index contributed by atoms with van der Waals surface area (Å²) in [7, 11) is 0. The van der Waals surface area contributed by atoms with Gasteiger partial charge in [-0.25, -0.2) is 0 Å². The molecule has 0 aromatic heterocycles. The average molecular weight is 399 g/mol. The van der Waals surface area contributed by atoms with E-state index in [1.54, 1.807) is 0 Å². The van der Waals surface area contributed by atoms with Crippen molar-refractivity contribution in [2.24, 2.45) is 10.7 Å². The van der Waals surface area contributed by atoms with E-state index in [2.05, 4.69) is 95.0 Å². The zero-order chi connectivity index (χ0) is 22.7. The molecule has 1 heterocycles. The van der Waals surface area contributed by atoms with E-state index >= 15 is 0 Å². The average Bonchev–Trinajstić information content (AvgIpc) is 3.23. The Morgan fingerprint density at radius 2 is 1.06 bits per heavy atom. The van der Waals surface area contributed by atoms with E-state index in [4.69, 9.17) is 5.73 Å². The smallest absolute Gasteiger partial charge is 0.0883 e. The molecule has 2 N–H and O–H groups in total. The summed E-state index contributed by atoms with van der Waals surface area (Å²) in [6, 6.07) is 20.3. The van der Waals surface area contributed by atoms with Gasteiger partial charge in [0.25, 0.3) is 0 Å². The molecule has 0 aliphatic carbocycles. The molecule has 1 aliphatic rings. The van der Waals surface area contributed by atoms with Crippen molar-refractivity contribution in [3.05, 3.63) is 155 Å². The Labute approximate surface area is 184 Å². The van der Waals surface area contributed by atoms with Crippen LogP contribution in [0.25, 0.3) is 5.57 Å². The van der Waals surface area contributed by atoms with Crippen molar-refractivity contribution in [2.45, 2.75) is 0 Å². The van der Waals surface area contributed by atoms with Crippen molar-refractivity contribution in [1.29, 1.82) is 0 Å². The maximum atomic E-state index is 6.24. The second-order valence-electron chi connectivity index (χ2n) is 5.52. The normalized spacial score (nSPS) is 10.0. The zero-order valence-electron chi connectivity index (χ0n) is 17.3. The lowest BCUT2D eigenvalue weighted by Gasteiger charge is -2.05. The lowest BCUT2D eigenvalue weighted by Crippen LogP contribution is -2.11. The first kappa shape index (κ1) is 24.2. The molecule has 0 saturated heterocycles. The van der Waals surface area contributed by atoms with Crippen LogP contribution in [-0.4, -0.2) is 12.3 Å². The Balaban J connectivity index is 0.000000321. The topological polar surface area (TPSA) is 38.4 Å². The molecule has 0 bridgehead atoms. The van der Waals surface area contributed by atoms with Gasteiger partial charge in [-0.05, 0) is 58.8 Å². The molecule has 0 amide bonds. The first-order valence-electron chi connectivity index (χ1n) is 9.21. The zero-order valence-corrected chi connectivity index (χ0v) is 17.3. The lowest BCUT2D eigenvalue weighted by molar-refractivity contribution is 1.29. The number of nitrogens with two attached hydrogens (primary N) is 1. The minimum atomic E-state index is 0.667. The molecule has 0 fully saturated rings. The molecule has 2 nitrogen and oxygen atoms in total. The van der Waals surface area contributed by atoms with Crippen LogP contribution in [0.4, 0.5) is 0 Å². The molecular formula is C29H22N2. The van der Waals surface area contributed by atoms with Gasteiger partial charge in [-0.2, -0.15) is 0 Å². The minimum Gasteiger partial charge on any atom is -0.397 e. The molecule has 2 heteroatoms. The second-order valence-corrected chi connectivity index (χ2v) is 5.52. The van der Waals surface area contributed by atoms with E-state index in [0.717, 1.165) is 28.1 Å². The van der Waals surface area contributed by atoms with Crippen LogP contribution < -0.4 is 5.73 Å². The summed E-state index contributed by atoms with van der Waals surface area (Å²) >= 11 is 0. The summed E-state index contributed by atoms with van der Waals surface area (Å²) in [5.41, 5.74) is 33.3. The van der Waals surface area contributed by atoms with Gasteiger partial charge in [0.05, 0.1) is 18.0 Å². The Kier molecular flexibility index (Phi) is 11.8. The van der Waals surface area contributed by atoms with E-state index in [1.165, 1.54) is 0 Å². The summed E-state index contributed by atoms with van der Waals surface area (Å²) in [6.45, 7) is 13.2. The quantitative estimate of drug-likeness (QED) is 0.499. The fourth-order valence-corrected chi connectivity index (χ4v) is 2.44. The largest absolute Gasteiger partial charge is 0.397 e. The molecule has 0 radical (unpaired) electrons. The van der Waals surface area contributed by atoms with Crippen molar-refractivity contribution >= 4 is 11.3 Å². The third kappa shape index (κ3) is 8.36. The van der Waals surface area contributed by atoms with E-state index in [0.29, 0.717) is 6.54 Å². The van der Waals surface area contributed by atoms with Crippen LogP contribution in [0.2, 0.25) is 0 Å². The fraction of sp³-hybridized carbons (Fsp3) is 0.0345. The molecule has 2 aromatic carbocycles. The molecule has 3 rings (SSSR count). The number of allylic oxidation sites excluding steroid dienone is 1. The van der Waals surface area contributed by atoms with Crippen LogP contribution in [0.3, 0.4) is 0 Å². The number of aliphatic imine (C=N–C) groups is 1. The van der Waals surface area contributed by atoms with Crippen LogP contribution in [0.5, 0.6) is 0 Å². The number of nitrogens with zero attached hydrogens (tertiary/aromatic N) is 1. The Morgan fingerprint density at radius 3 is 1.52 bits per heavy atom. The van der Waals surface area contributed by atoms with Gasteiger partial charge in [-0.15, -0.1) is 13.2 Å². The number of hydrogen-bond donors (Lipinski definition) is 1. The van der Waals surface area contributed by atoms with E-state index < -0.39 is 0 Å². The fourth-order valence-electron chi connectivity index (χ4n) is 2.44. The molecule has 2 aromatic rings. The van der Waals surface area contributed by atoms with Gasteiger partial charge >= 0.3 is 0 Å². The summed E-state index contributed by atoms with van der Waals surface area (Å²) in [5.74, 6) is 0. The summed E-state index contributed by atoms with van der Waals surface area (Å²) in [5, 5.41) is 0. The molecule has 1 aliphatic heterocycles. The molecule has 0 atom stereocenters. The number of benzene rings is 2. The Hall–Kier alpha value is -4.85. The summed E-state index contributed by atoms with van der Waals surface area (Å²) in [6.07, 6.45) is 0. The van der Waals surface area contributed by atoms with Gasteiger partial charge in [0.15, 0.2) is 0 Å². The highest BCUT2D eigenvalue weighted by Gasteiger charge is 2.18. The number of hydrogen-bond acceptors (Lipinski definition) is 2. The third-order valence-corrected chi connectivity index (χ3v) is 3.70. The van der Waals surface area contributed by atoms with Gasteiger partial charge in [-0.3, -0.25) is 4.99 Å². The van der Waals surface area contributed by atoms with Crippen LogP contribution in [-0.2, 0) is 0 Å². The first-order valence-corrected chi connectivity index (χ1v) is 9.21. The predicted molar refractivity (Wildman–Crippen MR) is 130 cm³/mol. The van der Waals surface area contributed by atoms with E-state index in [-0.39, 0.29) is 0 Å². The van der Waals surface area contributed by atoms with E-state index in [1.807, 2.05) is 48.5 Å². The SMILES string of the molecule is C=C.C=C=C=C=C=C=C=C=C=C=C.NC1=C(c2ccccc2)CN=C1c1ccccc1. The maximum absolute atomic E-state index is 6.24. The van der Waals surface area contributed by atoms with Crippen LogP contribution in [0.1, 0.15) is 11.1 Å². The van der Waals surface area contributed by atoms with Gasteiger partial charge in [0.1, 0.15) is 0 Å². The highest BCUT2D eigenvalue weighted by Crippen LogP contribution is 2.24.